The Morgan fingerprint density at radius 1 is 1.20 bits per heavy atom. The first-order valence-corrected chi connectivity index (χ1v) is 6.47. The second-order valence-electron chi connectivity index (χ2n) is 4.01. The van der Waals surface area contributed by atoms with E-state index in [2.05, 4.69) is 5.32 Å². The van der Waals surface area contributed by atoms with Gasteiger partial charge in [-0.3, -0.25) is 4.79 Å². The molecule has 0 saturated carbocycles. The van der Waals surface area contributed by atoms with E-state index in [0.29, 0.717) is 22.7 Å². The number of ether oxygens (including phenoxy) is 1. The van der Waals surface area contributed by atoms with Crippen molar-refractivity contribution >= 4 is 40.5 Å². The first kappa shape index (κ1) is 14.5. The number of carbonyl (C=O) groups is 1. The monoisotopic (exact) mass is 310 g/mol. The molecule has 6 heteroatoms. The van der Waals surface area contributed by atoms with Crippen LogP contribution in [0, 0.1) is 0 Å². The number of nitrogens with one attached hydrogen (secondary N) is 1. The van der Waals surface area contributed by atoms with Gasteiger partial charge in [-0.25, -0.2) is 0 Å². The van der Waals surface area contributed by atoms with Crippen molar-refractivity contribution in [3.63, 3.8) is 0 Å². The quantitative estimate of drug-likeness (QED) is 0.847. The number of nitrogen functional groups attached to an aromatic ring is 1. The molecule has 20 heavy (non-hydrogen) atoms. The third kappa shape index (κ3) is 2.98. The highest BCUT2D eigenvalue weighted by molar-refractivity contribution is 6.37. The van der Waals surface area contributed by atoms with Gasteiger partial charge in [-0.15, -0.1) is 0 Å². The lowest BCUT2D eigenvalue weighted by Crippen LogP contribution is -2.13. The van der Waals surface area contributed by atoms with Crippen LogP contribution in [0.15, 0.2) is 36.4 Å². The molecule has 0 fully saturated rings. The van der Waals surface area contributed by atoms with Gasteiger partial charge in [0.05, 0.1) is 28.5 Å². The van der Waals surface area contributed by atoms with Crippen LogP contribution in [-0.4, -0.2) is 13.0 Å². The van der Waals surface area contributed by atoms with Crippen LogP contribution in [0.4, 0.5) is 11.4 Å². The van der Waals surface area contributed by atoms with Crippen molar-refractivity contribution in [3.8, 4) is 5.75 Å². The van der Waals surface area contributed by atoms with Crippen LogP contribution in [0.1, 0.15) is 10.4 Å². The van der Waals surface area contributed by atoms with E-state index in [0.717, 1.165) is 0 Å². The van der Waals surface area contributed by atoms with Crippen molar-refractivity contribution < 1.29 is 9.53 Å². The maximum absolute atomic E-state index is 12.1. The number of para-hydroxylation sites is 2. The Bertz CT molecular complexity index is 636. The Morgan fingerprint density at radius 3 is 2.35 bits per heavy atom. The summed E-state index contributed by atoms with van der Waals surface area (Å²) >= 11 is 12.0. The summed E-state index contributed by atoms with van der Waals surface area (Å²) in [4.78, 5) is 12.1. The molecule has 0 aliphatic rings. The molecule has 0 atom stereocenters. The van der Waals surface area contributed by atoms with Gasteiger partial charge in [0.1, 0.15) is 0 Å². The van der Waals surface area contributed by atoms with Gasteiger partial charge in [0.15, 0.2) is 5.75 Å². The number of amides is 1. The topological polar surface area (TPSA) is 64.3 Å². The lowest BCUT2D eigenvalue weighted by atomic mass is 10.2. The van der Waals surface area contributed by atoms with Crippen LogP contribution in [0.25, 0.3) is 0 Å². The molecule has 0 spiro atoms. The lowest BCUT2D eigenvalue weighted by molar-refractivity contribution is 0.102. The Balaban J connectivity index is 2.29. The van der Waals surface area contributed by atoms with Crippen molar-refractivity contribution in [2.45, 2.75) is 0 Å². The molecule has 0 bridgehead atoms. The number of hydrogen-bond acceptors (Lipinski definition) is 3. The van der Waals surface area contributed by atoms with Gasteiger partial charge in [0.25, 0.3) is 5.91 Å². The summed E-state index contributed by atoms with van der Waals surface area (Å²) in [5.41, 5.74) is 7.10. The molecule has 0 heterocycles. The number of nitrogens with two attached hydrogens (primary N) is 1. The van der Waals surface area contributed by atoms with Crippen LogP contribution >= 0.6 is 23.2 Å². The van der Waals surface area contributed by atoms with Gasteiger partial charge < -0.3 is 15.8 Å². The number of hydrogen-bond donors (Lipinski definition) is 2. The Morgan fingerprint density at radius 2 is 1.80 bits per heavy atom. The molecular formula is C14H12Cl2N2O2. The number of carbonyl (C=O) groups excluding carboxylic acids is 1. The average Bonchev–Trinajstić information content (AvgIpc) is 2.41. The first-order chi connectivity index (χ1) is 9.52. The number of anilines is 2. The van der Waals surface area contributed by atoms with Gasteiger partial charge in [0, 0.05) is 5.56 Å². The number of rotatable bonds is 3. The van der Waals surface area contributed by atoms with E-state index in [1.165, 1.54) is 19.2 Å². The Labute approximate surface area is 126 Å². The van der Waals surface area contributed by atoms with E-state index in [-0.39, 0.29) is 16.0 Å². The van der Waals surface area contributed by atoms with Crippen molar-refractivity contribution in [2.24, 2.45) is 0 Å². The maximum Gasteiger partial charge on any atom is 0.255 e. The highest BCUT2D eigenvalue weighted by atomic mass is 35.5. The SMILES string of the molecule is COc1c(Cl)cc(C(=O)Nc2ccccc2N)cc1Cl. The standard InChI is InChI=1S/C14H12Cl2N2O2/c1-20-13-9(15)6-8(7-10(13)16)14(19)18-12-5-3-2-4-11(12)17/h2-7H,17H2,1H3,(H,18,19). The van der Waals surface area contributed by atoms with E-state index >= 15 is 0 Å². The summed E-state index contributed by atoms with van der Waals surface area (Å²) in [6.45, 7) is 0. The molecule has 0 aliphatic heterocycles. The molecule has 0 unspecified atom stereocenters. The summed E-state index contributed by atoms with van der Waals surface area (Å²) in [6, 6.07) is 9.94. The van der Waals surface area contributed by atoms with Crippen LogP contribution in [0.5, 0.6) is 5.75 Å². The molecule has 3 N–H and O–H groups in total. The summed E-state index contributed by atoms with van der Waals surface area (Å²) in [5.74, 6) is -0.0153. The molecule has 4 nitrogen and oxygen atoms in total. The molecule has 0 aliphatic carbocycles. The smallest absolute Gasteiger partial charge is 0.255 e. The summed E-state index contributed by atoms with van der Waals surface area (Å²) in [7, 11) is 1.46. The predicted molar refractivity (Wildman–Crippen MR) is 81.8 cm³/mol. The normalized spacial score (nSPS) is 10.2. The third-order valence-electron chi connectivity index (χ3n) is 2.67. The first-order valence-electron chi connectivity index (χ1n) is 5.72. The molecule has 0 saturated heterocycles. The van der Waals surface area contributed by atoms with Gasteiger partial charge in [0.2, 0.25) is 0 Å². The van der Waals surface area contributed by atoms with E-state index < -0.39 is 0 Å². The molecule has 2 rings (SSSR count). The summed E-state index contributed by atoms with van der Waals surface area (Å²) in [5, 5.41) is 3.24. The fraction of sp³-hybridized carbons (Fsp3) is 0.0714. The molecule has 2 aromatic carbocycles. The lowest BCUT2D eigenvalue weighted by Gasteiger charge is -2.10. The zero-order chi connectivity index (χ0) is 14.7. The molecule has 2 aromatic rings. The van der Waals surface area contributed by atoms with Crippen molar-refractivity contribution in [1.82, 2.24) is 0 Å². The largest absolute Gasteiger partial charge is 0.494 e. The minimum atomic E-state index is -0.352. The number of methoxy groups -OCH3 is 1. The van der Waals surface area contributed by atoms with E-state index in [1.807, 2.05) is 0 Å². The minimum Gasteiger partial charge on any atom is -0.494 e. The predicted octanol–water partition coefficient (Wildman–Crippen LogP) is 3.84. The van der Waals surface area contributed by atoms with Crippen molar-refractivity contribution in [2.75, 3.05) is 18.2 Å². The summed E-state index contributed by atoms with van der Waals surface area (Å²) < 4.78 is 5.03. The van der Waals surface area contributed by atoms with Crippen molar-refractivity contribution in [3.05, 3.63) is 52.0 Å². The zero-order valence-electron chi connectivity index (χ0n) is 10.6. The molecule has 1 amide bonds. The highest BCUT2D eigenvalue weighted by Crippen LogP contribution is 2.34. The molecular weight excluding hydrogens is 299 g/mol. The second-order valence-corrected chi connectivity index (χ2v) is 4.83. The van der Waals surface area contributed by atoms with Crippen LogP contribution < -0.4 is 15.8 Å². The Hall–Kier alpha value is -1.91. The maximum atomic E-state index is 12.1. The minimum absolute atomic E-state index is 0.270. The van der Waals surface area contributed by atoms with Gasteiger partial charge in [-0.2, -0.15) is 0 Å². The Kier molecular flexibility index (Phi) is 4.37. The van der Waals surface area contributed by atoms with Crippen LogP contribution in [0.3, 0.4) is 0 Å². The third-order valence-corrected chi connectivity index (χ3v) is 3.24. The molecule has 104 valence electrons. The second kappa shape index (κ2) is 6.03. The fourth-order valence-electron chi connectivity index (χ4n) is 1.69. The van der Waals surface area contributed by atoms with E-state index in [4.69, 9.17) is 33.7 Å². The van der Waals surface area contributed by atoms with Gasteiger partial charge in [-0.1, -0.05) is 35.3 Å². The number of halogens is 2. The van der Waals surface area contributed by atoms with E-state index in [9.17, 15) is 4.79 Å². The zero-order valence-corrected chi connectivity index (χ0v) is 12.1. The highest BCUT2D eigenvalue weighted by Gasteiger charge is 2.14. The van der Waals surface area contributed by atoms with Gasteiger partial charge in [-0.05, 0) is 24.3 Å². The van der Waals surface area contributed by atoms with Crippen LogP contribution in [-0.2, 0) is 0 Å². The van der Waals surface area contributed by atoms with Gasteiger partial charge >= 0.3 is 0 Å². The van der Waals surface area contributed by atoms with E-state index in [1.54, 1.807) is 24.3 Å². The van der Waals surface area contributed by atoms with Crippen LogP contribution in [0.2, 0.25) is 10.0 Å². The summed E-state index contributed by atoms with van der Waals surface area (Å²) in [6.07, 6.45) is 0. The molecule has 0 radical (unpaired) electrons. The fourth-order valence-corrected chi connectivity index (χ4v) is 2.33. The number of benzene rings is 2. The molecule has 0 aromatic heterocycles. The average molecular weight is 311 g/mol. The van der Waals surface area contributed by atoms with Crippen molar-refractivity contribution in [1.29, 1.82) is 0 Å².